The van der Waals surface area contributed by atoms with E-state index in [1.165, 1.54) is 0 Å². The van der Waals surface area contributed by atoms with Crippen LogP contribution in [0.5, 0.6) is 5.75 Å². The first-order valence-corrected chi connectivity index (χ1v) is 7.08. The zero-order valence-electron chi connectivity index (χ0n) is 13.2. The van der Waals surface area contributed by atoms with Crippen LogP contribution in [0.15, 0.2) is 6.20 Å². The Morgan fingerprint density at radius 2 is 2.10 bits per heavy atom. The lowest BCUT2D eigenvalue weighted by Crippen LogP contribution is -2.29. The van der Waals surface area contributed by atoms with Gasteiger partial charge in [0.2, 0.25) is 0 Å². The van der Waals surface area contributed by atoms with Crippen LogP contribution in [0.1, 0.15) is 37.1 Å². The van der Waals surface area contributed by atoms with E-state index in [-0.39, 0.29) is 0 Å². The minimum absolute atomic E-state index is 0.550. The Morgan fingerprint density at radius 3 is 2.65 bits per heavy atom. The number of rotatable bonds is 7. The molecule has 4 heteroatoms. The Kier molecular flexibility index (Phi) is 6.47. The molecule has 110 valence electrons. The molecule has 4 nitrogen and oxygen atoms in total. The van der Waals surface area contributed by atoms with E-state index in [0.29, 0.717) is 12.3 Å². The molecule has 1 aromatic heterocycles. The summed E-state index contributed by atoms with van der Waals surface area (Å²) < 4.78 is 5.45. The summed E-state index contributed by atoms with van der Waals surface area (Å²) in [7, 11) is 1.70. The zero-order valence-corrected chi connectivity index (χ0v) is 13.2. The van der Waals surface area contributed by atoms with E-state index in [1.54, 1.807) is 7.11 Å². The summed E-state index contributed by atoms with van der Waals surface area (Å²) in [5, 5.41) is 8.78. The van der Waals surface area contributed by atoms with Crippen LogP contribution >= 0.6 is 0 Å². The van der Waals surface area contributed by atoms with Crippen LogP contribution in [0.4, 0.5) is 0 Å². The highest BCUT2D eigenvalue weighted by Crippen LogP contribution is 2.24. The van der Waals surface area contributed by atoms with Gasteiger partial charge in [-0.2, -0.15) is 5.26 Å². The number of hydrogen-bond acceptors (Lipinski definition) is 4. The second kappa shape index (κ2) is 7.86. The summed E-state index contributed by atoms with van der Waals surface area (Å²) in [5.74, 6) is 1.49. The normalized spacial score (nSPS) is 10.9. The lowest BCUT2D eigenvalue weighted by atomic mass is 10.1. The predicted octanol–water partition coefficient (Wildman–Crippen LogP) is 3.08. The molecule has 0 aliphatic carbocycles. The molecule has 0 bridgehead atoms. The van der Waals surface area contributed by atoms with Gasteiger partial charge in [0.15, 0.2) is 0 Å². The number of aromatic nitrogens is 1. The second-order valence-electron chi connectivity index (χ2n) is 5.58. The number of nitriles is 1. The van der Waals surface area contributed by atoms with Crippen molar-refractivity contribution in [2.24, 2.45) is 5.92 Å². The molecule has 1 aromatic rings. The minimum Gasteiger partial charge on any atom is -0.496 e. The van der Waals surface area contributed by atoms with Gasteiger partial charge in [-0.15, -0.1) is 0 Å². The molecule has 0 fully saturated rings. The van der Waals surface area contributed by atoms with Crippen molar-refractivity contribution in [3.8, 4) is 11.8 Å². The third kappa shape index (κ3) is 4.50. The first-order chi connectivity index (χ1) is 9.49. The summed E-state index contributed by atoms with van der Waals surface area (Å²) in [5.41, 5.74) is 3.19. The molecule has 0 aliphatic heterocycles. The summed E-state index contributed by atoms with van der Waals surface area (Å²) in [6.45, 7) is 11.0. The Bertz CT molecular complexity index is 477. The standard InChI is InChI=1S/C16H25N3O/c1-12(2)10-19(8-6-7-17)11-15-14(4)16(20-5)13(3)9-18-15/h9,12H,6,8,10-11H2,1-5H3. The molecular weight excluding hydrogens is 250 g/mol. The molecule has 0 N–H and O–H groups in total. The molecule has 0 aliphatic rings. The lowest BCUT2D eigenvalue weighted by molar-refractivity contribution is 0.237. The third-order valence-corrected chi connectivity index (χ3v) is 3.29. The van der Waals surface area contributed by atoms with Gasteiger partial charge in [-0.05, 0) is 19.8 Å². The minimum atomic E-state index is 0.550. The van der Waals surface area contributed by atoms with Crippen LogP contribution in [-0.4, -0.2) is 30.1 Å². The fourth-order valence-electron chi connectivity index (χ4n) is 2.40. The second-order valence-corrected chi connectivity index (χ2v) is 5.58. The molecule has 1 heterocycles. The van der Waals surface area contributed by atoms with Gasteiger partial charge >= 0.3 is 0 Å². The van der Waals surface area contributed by atoms with Crippen molar-refractivity contribution in [2.45, 2.75) is 40.7 Å². The molecule has 0 atom stereocenters. The van der Waals surface area contributed by atoms with Crippen LogP contribution in [0, 0.1) is 31.1 Å². The molecule has 0 saturated heterocycles. The Hall–Kier alpha value is -1.60. The van der Waals surface area contributed by atoms with Gasteiger partial charge in [0, 0.05) is 43.4 Å². The number of ether oxygens (including phenoxy) is 1. The van der Waals surface area contributed by atoms with E-state index in [1.807, 2.05) is 20.0 Å². The Labute approximate surface area is 122 Å². The zero-order chi connectivity index (χ0) is 15.1. The van der Waals surface area contributed by atoms with Crippen LogP contribution in [0.2, 0.25) is 0 Å². The van der Waals surface area contributed by atoms with Gasteiger partial charge in [0.1, 0.15) is 5.75 Å². The van der Waals surface area contributed by atoms with Gasteiger partial charge in [-0.1, -0.05) is 13.8 Å². The van der Waals surface area contributed by atoms with Gasteiger partial charge in [-0.3, -0.25) is 9.88 Å². The van der Waals surface area contributed by atoms with E-state index < -0.39 is 0 Å². The molecule has 20 heavy (non-hydrogen) atoms. The highest BCUT2D eigenvalue weighted by molar-refractivity contribution is 5.41. The van der Waals surface area contributed by atoms with Crippen molar-refractivity contribution in [2.75, 3.05) is 20.2 Å². The SMILES string of the molecule is COc1c(C)cnc(CN(CCC#N)CC(C)C)c1C. The number of aryl methyl sites for hydroxylation is 1. The Morgan fingerprint density at radius 1 is 1.40 bits per heavy atom. The number of hydrogen-bond donors (Lipinski definition) is 0. The van der Waals surface area contributed by atoms with E-state index in [9.17, 15) is 0 Å². The maximum Gasteiger partial charge on any atom is 0.128 e. The van der Waals surface area contributed by atoms with Crippen molar-refractivity contribution < 1.29 is 4.74 Å². The van der Waals surface area contributed by atoms with Crippen LogP contribution in [0.25, 0.3) is 0 Å². The summed E-state index contributed by atoms with van der Waals surface area (Å²) >= 11 is 0. The van der Waals surface area contributed by atoms with Crippen molar-refractivity contribution in [1.82, 2.24) is 9.88 Å². The topological polar surface area (TPSA) is 49.1 Å². The highest BCUT2D eigenvalue weighted by atomic mass is 16.5. The molecular formula is C16H25N3O. The summed E-state index contributed by atoms with van der Waals surface area (Å²) in [6.07, 6.45) is 2.41. The molecule has 0 amide bonds. The smallest absolute Gasteiger partial charge is 0.128 e. The highest BCUT2D eigenvalue weighted by Gasteiger charge is 2.14. The maximum atomic E-state index is 8.78. The molecule has 0 aromatic carbocycles. The van der Waals surface area contributed by atoms with Gasteiger partial charge < -0.3 is 4.74 Å². The number of nitrogens with zero attached hydrogens (tertiary/aromatic N) is 3. The van der Waals surface area contributed by atoms with Crippen molar-refractivity contribution >= 4 is 0 Å². The average Bonchev–Trinajstić information content (AvgIpc) is 2.39. The third-order valence-electron chi connectivity index (χ3n) is 3.29. The average molecular weight is 275 g/mol. The molecule has 1 rings (SSSR count). The molecule has 0 spiro atoms. The van der Waals surface area contributed by atoms with E-state index in [4.69, 9.17) is 10.00 Å². The van der Waals surface area contributed by atoms with E-state index in [2.05, 4.69) is 29.8 Å². The monoisotopic (exact) mass is 275 g/mol. The van der Waals surface area contributed by atoms with Crippen molar-refractivity contribution in [3.63, 3.8) is 0 Å². The Balaban J connectivity index is 2.90. The van der Waals surface area contributed by atoms with Crippen LogP contribution < -0.4 is 4.74 Å². The van der Waals surface area contributed by atoms with Crippen molar-refractivity contribution in [1.29, 1.82) is 5.26 Å². The van der Waals surface area contributed by atoms with Crippen LogP contribution in [-0.2, 0) is 6.54 Å². The molecule has 0 saturated carbocycles. The van der Waals surface area contributed by atoms with Crippen molar-refractivity contribution in [3.05, 3.63) is 23.0 Å². The fourth-order valence-corrected chi connectivity index (χ4v) is 2.40. The van der Waals surface area contributed by atoms with Gasteiger partial charge in [0.05, 0.1) is 18.9 Å². The molecule has 0 unspecified atom stereocenters. The quantitative estimate of drug-likeness (QED) is 0.767. The van der Waals surface area contributed by atoms with Gasteiger partial charge in [-0.25, -0.2) is 0 Å². The first kappa shape index (κ1) is 16.5. The predicted molar refractivity (Wildman–Crippen MR) is 80.6 cm³/mol. The first-order valence-electron chi connectivity index (χ1n) is 7.08. The van der Waals surface area contributed by atoms with Gasteiger partial charge in [0.25, 0.3) is 0 Å². The number of pyridine rings is 1. The van der Waals surface area contributed by atoms with E-state index >= 15 is 0 Å². The fraction of sp³-hybridized carbons (Fsp3) is 0.625. The number of methoxy groups -OCH3 is 1. The van der Waals surface area contributed by atoms with Crippen LogP contribution in [0.3, 0.4) is 0 Å². The summed E-state index contributed by atoms with van der Waals surface area (Å²) in [4.78, 5) is 6.83. The van der Waals surface area contributed by atoms with E-state index in [0.717, 1.165) is 42.2 Å². The largest absolute Gasteiger partial charge is 0.496 e. The lowest BCUT2D eigenvalue weighted by Gasteiger charge is -2.24. The molecule has 0 radical (unpaired) electrons. The summed E-state index contributed by atoms with van der Waals surface area (Å²) in [6, 6.07) is 2.22. The maximum absolute atomic E-state index is 8.78.